The molecule has 0 radical (unpaired) electrons. The Morgan fingerprint density at radius 1 is 0.750 bits per heavy atom. The Kier molecular flexibility index (Phi) is 7.20. The van der Waals surface area contributed by atoms with Gasteiger partial charge in [0.15, 0.2) is 0 Å². The molecule has 4 aromatic carbocycles. The Bertz CT molecular complexity index is 1160. The molecule has 0 unspecified atom stereocenters. The van der Waals surface area contributed by atoms with Gasteiger partial charge in [-0.2, -0.15) is 0 Å². The Labute approximate surface area is 196 Å². The van der Waals surface area contributed by atoms with Gasteiger partial charge in [-0.3, -0.25) is 4.79 Å². The summed E-state index contributed by atoms with van der Waals surface area (Å²) in [5.74, 6) is 0.541. The summed E-state index contributed by atoms with van der Waals surface area (Å²) < 4.78 is 6.62. The molecule has 1 amide bonds. The highest BCUT2D eigenvalue weighted by Crippen LogP contribution is 2.27. The molecule has 0 saturated heterocycles. The maximum Gasteiger partial charge on any atom is 0.255 e. The van der Waals surface area contributed by atoms with Gasteiger partial charge in [-0.05, 0) is 76.1 Å². The van der Waals surface area contributed by atoms with Crippen molar-refractivity contribution in [1.82, 2.24) is 0 Å². The lowest BCUT2D eigenvalue weighted by molar-refractivity contribution is 0.102. The van der Waals surface area contributed by atoms with Crippen molar-refractivity contribution in [3.63, 3.8) is 0 Å². The summed E-state index contributed by atoms with van der Waals surface area (Å²) in [5.41, 5.74) is 4.48. The molecule has 0 aliphatic rings. The van der Waals surface area contributed by atoms with Gasteiger partial charge in [-0.25, -0.2) is 0 Å². The van der Waals surface area contributed by atoms with E-state index in [2.05, 4.69) is 38.7 Å². The van der Waals surface area contributed by atoms with Crippen molar-refractivity contribution in [2.24, 2.45) is 0 Å². The fraction of sp³-hybridized carbons (Fsp3) is 0.0741. The van der Waals surface area contributed by atoms with Gasteiger partial charge < -0.3 is 15.4 Å². The van der Waals surface area contributed by atoms with Gasteiger partial charge in [0.05, 0.1) is 11.1 Å². The van der Waals surface area contributed by atoms with Crippen LogP contribution in [0.15, 0.2) is 108 Å². The number of hydrogen-bond donors (Lipinski definition) is 2. The first kappa shape index (κ1) is 21.7. The molecule has 0 aromatic heterocycles. The minimum Gasteiger partial charge on any atom is -0.492 e. The van der Waals surface area contributed by atoms with Crippen LogP contribution in [0, 0.1) is 0 Å². The van der Waals surface area contributed by atoms with Gasteiger partial charge >= 0.3 is 0 Å². The Morgan fingerprint density at radius 3 is 2.06 bits per heavy atom. The summed E-state index contributed by atoms with van der Waals surface area (Å²) in [5, 5.41) is 6.26. The number of nitrogens with one attached hydrogen (secondary N) is 2. The lowest BCUT2D eigenvalue weighted by Gasteiger charge is -2.11. The molecule has 32 heavy (non-hydrogen) atoms. The number of carbonyl (C=O) groups excluding carboxylic acids is 1. The zero-order valence-corrected chi connectivity index (χ0v) is 19.0. The summed E-state index contributed by atoms with van der Waals surface area (Å²) in [7, 11) is 0. The minimum absolute atomic E-state index is 0.176. The number of rotatable bonds is 8. The largest absolute Gasteiger partial charge is 0.492 e. The third-order valence-corrected chi connectivity index (χ3v) is 5.51. The molecular formula is C27H23BrN2O2. The predicted octanol–water partition coefficient (Wildman–Crippen LogP) is 7.07. The monoisotopic (exact) mass is 486 g/mol. The number of benzene rings is 4. The summed E-state index contributed by atoms with van der Waals surface area (Å²) in [6.07, 6.45) is 0.824. The average Bonchev–Trinajstić information content (AvgIpc) is 2.83. The maximum atomic E-state index is 12.7. The van der Waals surface area contributed by atoms with Crippen LogP contribution in [0.1, 0.15) is 15.9 Å². The quantitative estimate of drug-likeness (QED) is 0.280. The normalized spacial score (nSPS) is 10.4. The number of halogens is 1. The van der Waals surface area contributed by atoms with E-state index in [0.717, 1.165) is 28.0 Å². The molecule has 0 atom stereocenters. The lowest BCUT2D eigenvalue weighted by Crippen LogP contribution is -2.12. The molecule has 0 fully saturated rings. The van der Waals surface area contributed by atoms with E-state index in [-0.39, 0.29) is 5.91 Å². The number of amides is 1. The smallest absolute Gasteiger partial charge is 0.255 e. The second kappa shape index (κ2) is 10.6. The molecule has 2 N–H and O–H groups in total. The second-order valence-corrected chi connectivity index (χ2v) is 8.11. The summed E-state index contributed by atoms with van der Waals surface area (Å²) in [6, 6.07) is 33.1. The topological polar surface area (TPSA) is 50.4 Å². The zero-order valence-electron chi connectivity index (χ0n) is 17.4. The van der Waals surface area contributed by atoms with Crippen molar-refractivity contribution in [3.05, 3.63) is 119 Å². The highest BCUT2D eigenvalue weighted by Gasteiger charge is 2.10. The summed E-state index contributed by atoms with van der Waals surface area (Å²) >= 11 is 3.52. The van der Waals surface area contributed by atoms with Crippen molar-refractivity contribution in [2.45, 2.75) is 6.42 Å². The van der Waals surface area contributed by atoms with E-state index < -0.39 is 0 Å². The third-order valence-electron chi connectivity index (χ3n) is 4.89. The van der Waals surface area contributed by atoms with Gasteiger partial charge in [0.1, 0.15) is 5.75 Å². The van der Waals surface area contributed by atoms with E-state index in [1.807, 2.05) is 78.9 Å². The minimum atomic E-state index is -0.176. The molecule has 0 aliphatic heterocycles. The number of hydrogen-bond acceptors (Lipinski definition) is 3. The first-order valence-electron chi connectivity index (χ1n) is 10.4. The van der Waals surface area contributed by atoms with Crippen LogP contribution in [0.5, 0.6) is 5.75 Å². The molecular weight excluding hydrogens is 464 g/mol. The number of ether oxygens (including phenoxy) is 1. The van der Waals surface area contributed by atoms with Crippen molar-refractivity contribution in [1.29, 1.82) is 0 Å². The van der Waals surface area contributed by atoms with Crippen molar-refractivity contribution < 1.29 is 9.53 Å². The van der Waals surface area contributed by atoms with Gasteiger partial charge in [-0.15, -0.1) is 0 Å². The second-order valence-electron chi connectivity index (χ2n) is 7.25. The molecule has 0 heterocycles. The molecule has 0 aliphatic carbocycles. The summed E-state index contributed by atoms with van der Waals surface area (Å²) in [4.78, 5) is 12.7. The average molecular weight is 487 g/mol. The Hall–Kier alpha value is -3.57. The standard InChI is InChI=1S/C27H23BrN2O2/c28-25-19-21(11-16-26(25)32-18-17-20-7-3-1-4-8-20)27(31)30-24-14-12-23(13-15-24)29-22-9-5-2-6-10-22/h1-16,19,29H,17-18H2,(H,30,31). The van der Waals surface area contributed by atoms with E-state index >= 15 is 0 Å². The van der Waals surface area contributed by atoms with Crippen molar-refractivity contribution >= 4 is 38.9 Å². The van der Waals surface area contributed by atoms with Crippen LogP contribution in [-0.2, 0) is 6.42 Å². The Balaban J connectivity index is 1.32. The molecule has 4 nitrogen and oxygen atoms in total. The van der Waals surface area contributed by atoms with Crippen LogP contribution in [-0.4, -0.2) is 12.5 Å². The van der Waals surface area contributed by atoms with E-state index in [1.165, 1.54) is 5.56 Å². The molecule has 160 valence electrons. The van der Waals surface area contributed by atoms with Gasteiger partial charge in [-0.1, -0.05) is 48.5 Å². The number of anilines is 3. The fourth-order valence-electron chi connectivity index (χ4n) is 3.21. The third kappa shape index (κ3) is 5.99. The molecule has 4 aromatic rings. The first-order chi connectivity index (χ1) is 15.7. The van der Waals surface area contributed by atoms with Crippen LogP contribution in [0.25, 0.3) is 0 Å². The molecule has 5 heteroatoms. The Morgan fingerprint density at radius 2 is 1.38 bits per heavy atom. The highest BCUT2D eigenvalue weighted by atomic mass is 79.9. The van der Waals surface area contributed by atoms with Crippen molar-refractivity contribution in [3.8, 4) is 5.75 Å². The van der Waals surface area contributed by atoms with Crippen LogP contribution in [0.3, 0.4) is 0 Å². The SMILES string of the molecule is O=C(Nc1ccc(Nc2ccccc2)cc1)c1ccc(OCCc2ccccc2)c(Br)c1. The van der Waals surface area contributed by atoms with Gasteiger partial charge in [0.2, 0.25) is 0 Å². The van der Waals surface area contributed by atoms with Crippen LogP contribution < -0.4 is 15.4 Å². The highest BCUT2D eigenvalue weighted by molar-refractivity contribution is 9.10. The molecule has 0 bridgehead atoms. The lowest BCUT2D eigenvalue weighted by atomic mass is 10.1. The molecule has 4 rings (SSSR count). The van der Waals surface area contributed by atoms with Gasteiger partial charge in [0, 0.05) is 29.0 Å². The van der Waals surface area contributed by atoms with E-state index in [1.54, 1.807) is 12.1 Å². The van der Waals surface area contributed by atoms with E-state index in [9.17, 15) is 4.79 Å². The summed E-state index contributed by atoms with van der Waals surface area (Å²) in [6.45, 7) is 0.567. The van der Waals surface area contributed by atoms with Crippen molar-refractivity contribution in [2.75, 3.05) is 17.2 Å². The van der Waals surface area contributed by atoms with Crippen LogP contribution >= 0.6 is 15.9 Å². The van der Waals surface area contributed by atoms with Gasteiger partial charge in [0.25, 0.3) is 5.91 Å². The number of carbonyl (C=O) groups is 1. The fourth-order valence-corrected chi connectivity index (χ4v) is 3.70. The molecule has 0 saturated carbocycles. The van der Waals surface area contributed by atoms with Crippen LogP contribution in [0.2, 0.25) is 0 Å². The predicted molar refractivity (Wildman–Crippen MR) is 134 cm³/mol. The molecule has 0 spiro atoms. The maximum absolute atomic E-state index is 12.7. The number of para-hydroxylation sites is 1. The van der Waals surface area contributed by atoms with Crippen LogP contribution in [0.4, 0.5) is 17.1 Å². The zero-order chi connectivity index (χ0) is 22.2. The van der Waals surface area contributed by atoms with E-state index in [4.69, 9.17) is 4.74 Å². The van der Waals surface area contributed by atoms with E-state index in [0.29, 0.717) is 17.9 Å². The first-order valence-corrected chi connectivity index (χ1v) is 11.2.